The van der Waals surface area contributed by atoms with Gasteiger partial charge in [0.15, 0.2) is 5.78 Å². The van der Waals surface area contributed by atoms with Gasteiger partial charge in [0, 0.05) is 23.4 Å². The summed E-state index contributed by atoms with van der Waals surface area (Å²) < 4.78 is 5.34. The van der Waals surface area contributed by atoms with Crippen molar-refractivity contribution in [2.24, 2.45) is 0 Å². The number of aryl methyl sites for hydroxylation is 2. The van der Waals surface area contributed by atoms with Crippen molar-refractivity contribution in [3.05, 3.63) is 57.9 Å². The molecule has 2 N–H and O–H groups in total. The van der Waals surface area contributed by atoms with Gasteiger partial charge in [-0.1, -0.05) is 26.3 Å². The number of ketones is 1. The number of hydrogen-bond donors (Lipinski definition) is 2. The lowest BCUT2D eigenvalue weighted by atomic mass is 9.97. The predicted molar refractivity (Wildman–Crippen MR) is 114 cm³/mol. The van der Waals surface area contributed by atoms with Crippen molar-refractivity contribution in [2.75, 3.05) is 13.7 Å². The summed E-state index contributed by atoms with van der Waals surface area (Å²) in [6.45, 7) is 4.50. The number of pyridine rings is 1. The number of carbonyl (C=O) groups is 2. The van der Waals surface area contributed by atoms with Gasteiger partial charge in [0.25, 0.3) is 0 Å². The van der Waals surface area contributed by atoms with Crippen LogP contribution in [0.1, 0.15) is 69.9 Å². The first kappa shape index (κ1) is 21.5. The van der Waals surface area contributed by atoms with Crippen LogP contribution in [0.3, 0.4) is 0 Å². The Morgan fingerprint density at radius 2 is 2.03 bits per heavy atom. The average molecular weight is 409 g/mol. The van der Waals surface area contributed by atoms with E-state index in [-0.39, 0.29) is 23.7 Å². The monoisotopic (exact) mass is 409 g/mol. The van der Waals surface area contributed by atoms with Gasteiger partial charge in [-0.15, -0.1) is 0 Å². The van der Waals surface area contributed by atoms with Gasteiger partial charge in [0.1, 0.15) is 22.8 Å². The number of unbranched alkanes of at least 4 members (excludes halogenated alkanes) is 1. The molecule has 0 bridgehead atoms. The number of methoxy groups -OCH3 is 1. The molecule has 30 heavy (non-hydrogen) atoms. The third-order valence-corrected chi connectivity index (χ3v) is 5.36. The number of benzene rings is 1. The quantitative estimate of drug-likeness (QED) is 0.612. The van der Waals surface area contributed by atoms with Gasteiger partial charge < -0.3 is 14.7 Å². The standard InChI is InChI=1S/C23H27N3O4/c1-4-6-7-14-10-16(11-18(23(28)29)21(14)30-3)19(27)13-26-12-15-8-9-17(5-2)25-20(15)22(26)24/h8-11,24H,4-7,12-13H2,1-3H3,(H,28,29). The maximum Gasteiger partial charge on any atom is 0.339 e. The number of nitrogens with one attached hydrogen (secondary N) is 1. The van der Waals surface area contributed by atoms with E-state index in [9.17, 15) is 14.7 Å². The van der Waals surface area contributed by atoms with Crippen LogP contribution in [0.15, 0.2) is 24.3 Å². The van der Waals surface area contributed by atoms with Crippen molar-refractivity contribution < 1.29 is 19.4 Å². The molecule has 0 radical (unpaired) electrons. The topological polar surface area (TPSA) is 104 Å². The Kier molecular flexibility index (Phi) is 6.50. The van der Waals surface area contributed by atoms with Crippen molar-refractivity contribution in [3.8, 4) is 5.75 Å². The summed E-state index contributed by atoms with van der Waals surface area (Å²) >= 11 is 0. The molecule has 0 aliphatic carbocycles. The normalized spacial score (nSPS) is 12.8. The summed E-state index contributed by atoms with van der Waals surface area (Å²) in [4.78, 5) is 31.0. The largest absolute Gasteiger partial charge is 0.496 e. The molecule has 2 aromatic rings. The predicted octanol–water partition coefficient (Wildman–Crippen LogP) is 3.72. The first-order valence-corrected chi connectivity index (χ1v) is 10.2. The molecular formula is C23H27N3O4. The fourth-order valence-corrected chi connectivity index (χ4v) is 3.69. The van der Waals surface area contributed by atoms with Crippen LogP contribution in [0.25, 0.3) is 0 Å². The molecule has 1 aromatic heterocycles. The molecular weight excluding hydrogens is 382 g/mol. The molecule has 0 amide bonds. The second-order valence-corrected chi connectivity index (χ2v) is 7.42. The Balaban J connectivity index is 1.87. The van der Waals surface area contributed by atoms with E-state index in [1.165, 1.54) is 13.2 Å². The van der Waals surface area contributed by atoms with Crippen molar-refractivity contribution in [2.45, 2.75) is 46.1 Å². The molecule has 0 saturated carbocycles. The lowest BCUT2D eigenvalue weighted by Gasteiger charge is -2.18. The fourth-order valence-electron chi connectivity index (χ4n) is 3.69. The van der Waals surface area contributed by atoms with Crippen LogP contribution in [0.5, 0.6) is 5.75 Å². The van der Waals surface area contributed by atoms with E-state index in [1.54, 1.807) is 11.0 Å². The lowest BCUT2D eigenvalue weighted by molar-refractivity contribution is 0.0693. The number of ether oxygens (including phenoxy) is 1. The molecule has 0 saturated heterocycles. The van der Waals surface area contributed by atoms with Crippen LogP contribution in [-0.4, -0.2) is 46.2 Å². The Labute approximate surface area is 176 Å². The number of fused-ring (bicyclic) bond motifs is 1. The van der Waals surface area contributed by atoms with Gasteiger partial charge in [-0.3, -0.25) is 10.2 Å². The van der Waals surface area contributed by atoms with Crippen LogP contribution in [0.2, 0.25) is 0 Å². The highest BCUT2D eigenvalue weighted by atomic mass is 16.5. The molecule has 2 heterocycles. The van der Waals surface area contributed by atoms with Crippen molar-refractivity contribution in [1.82, 2.24) is 9.88 Å². The highest BCUT2D eigenvalue weighted by molar-refractivity contribution is 6.05. The van der Waals surface area contributed by atoms with Crippen LogP contribution in [-0.2, 0) is 19.4 Å². The summed E-state index contributed by atoms with van der Waals surface area (Å²) in [6.07, 6.45) is 3.23. The number of aromatic carboxylic acids is 1. The van der Waals surface area contributed by atoms with Crippen molar-refractivity contribution >= 4 is 17.6 Å². The Bertz CT molecular complexity index is 1000. The summed E-state index contributed by atoms with van der Waals surface area (Å²) in [7, 11) is 1.44. The van der Waals surface area contributed by atoms with E-state index in [2.05, 4.69) is 4.98 Å². The molecule has 0 unspecified atom stereocenters. The number of Topliss-reactive ketones (excluding diaryl/α,β-unsaturated/α-hetero) is 1. The van der Waals surface area contributed by atoms with E-state index in [0.29, 0.717) is 30.0 Å². The van der Waals surface area contributed by atoms with Gasteiger partial charge in [-0.05, 0) is 43.0 Å². The average Bonchev–Trinajstić information content (AvgIpc) is 3.05. The summed E-state index contributed by atoms with van der Waals surface area (Å²) in [5, 5.41) is 18.0. The molecule has 1 aliphatic heterocycles. The summed E-state index contributed by atoms with van der Waals surface area (Å²) in [5.74, 6) is -0.819. The number of hydrogen-bond acceptors (Lipinski definition) is 5. The van der Waals surface area contributed by atoms with Gasteiger partial charge in [0.2, 0.25) is 0 Å². The smallest absolute Gasteiger partial charge is 0.339 e. The molecule has 0 fully saturated rings. The molecule has 0 spiro atoms. The molecule has 158 valence electrons. The zero-order chi connectivity index (χ0) is 21.8. The number of carbonyl (C=O) groups excluding carboxylic acids is 1. The third-order valence-electron chi connectivity index (χ3n) is 5.36. The van der Waals surface area contributed by atoms with Gasteiger partial charge in [0.05, 0.1) is 13.7 Å². The fraction of sp³-hybridized carbons (Fsp3) is 0.391. The second kappa shape index (κ2) is 9.07. The van der Waals surface area contributed by atoms with Crippen LogP contribution < -0.4 is 4.74 Å². The van der Waals surface area contributed by atoms with Crippen LogP contribution >= 0.6 is 0 Å². The van der Waals surface area contributed by atoms with E-state index in [4.69, 9.17) is 10.1 Å². The first-order chi connectivity index (χ1) is 14.4. The van der Waals surface area contributed by atoms with Crippen LogP contribution in [0, 0.1) is 5.41 Å². The molecule has 7 heteroatoms. The van der Waals surface area contributed by atoms with Gasteiger partial charge >= 0.3 is 5.97 Å². The molecule has 0 atom stereocenters. The van der Waals surface area contributed by atoms with Gasteiger partial charge in [-0.25, -0.2) is 9.78 Å². The maximum absolute atomic E-state index is 13.0. The lowest BCUT2D eigenvalue weighted by Crippen LogP contribution is -2.30. The first-order valence-electron chi connectivity index (χ1n) is 10.2. The second-order valence-electron chi connectivity index (χ2n) is 7.42. The minimum Gasteiger partial charge on any atom is -0.496 e. The number of carboxylic acid groups (broad SMARTS) is 1. The number of aromatic nitrogens is 1. The SMILES string of the molecule is CCCCc1cc(C(=O)CN2Cc3ccc(CC)nc3C2=N)cc(C(=O)O)c1OC. The number of carboxylic acids is 1. The van der Waals surface area contributed by atoms with E-state index < -0.39 is 5.97 Å². The van der Waals surface area contributed by atoms with Crippen molar-refractivity contribution in [1.29, 1.82) is 5.41 Å². The van der Waals surface area contributed by atoms with Gasteiger partial charge in [-0.2, -0.15) is 0 Å². The minimum atomic E-state index is -1.13. The zero-order valence-corrected chi connectivity index (χ0v) is 17.6. The molecule has 7 nitrogen and oxygen atoms in total. The Hall–Kier alpha value is -3.22. The number of nitrogens with zero attached hydrogens (tertiary/aromatic N) is 2. The zero-order valence-electron chi connectivity index (χ0n) is 17.6. The molecule has 3 rings (SSSR count). The van der Waals surface area contributed by atoms with E-state index in [1.807, 2.05) is 26.0 Å². The Morgan fingerprint density at radius 1 is 1.27 bits per heavy atom. The summed E-state index contributed by atoms with van der Waals surface area (Å²) in [5.41, 5.74) is 3.49. The summed E-state index contributed by atoms with van der Waals surface area (Å²) in [6, 6.07) is 7.00. The maximum atomic E-state index is 13.0. The molecule has 1 aromatic carbocycles. The molecule has 1 aliphatic rings. The Morgan fingerprint density at radius 3 is 2.67 bits per heavy atom. The highest BCUT2D eigenvalue weighted by Gasteiger charge is 2.28. The minimum absolute atomic E-state index is 0.00471. The van der Waals surface area contributed by atoms with E-state index in [0.717, 1.165) is 36.1 Å². The van der Waals surface area contributed by atoms with Crippen molar-refractivity contribution in [3.63, 3.8) is 0 Å². The van der Waals surface area contributed by atoms with E-state index >= 15 is 0 Å². The number of amidine groups is 1. The van der Waals surface area contributed by atoms with Crippen LogP contribution in [0.4, 0.5) is 0 Å². The highest BCUT2D eigenvalue weighted by Crippen LogP contribution is 2.29. The number of rotatable bonds is 9. The third kappa shape index (κ3) is 4.20.